The second-order valence-corrected chi connectivity index (χ2v) is 4.70. The number of halogens is 2. The highest BCUT2D eigenvalue weighted by atomic mass is 19.3. The van der Waals surface area contributed by atoms with Gasteiger partial charge in [-0.3, -0.25) is 0 Å². The monoisotopic (exact) mass is 287 g/mol. The van der Waals surface area contributed by atoms with Crippen LogP contribution in [0.4, 0.5) is 8.78 Å². The average Bonchev–Trinajstić information content (AvgIpc) is 2.53. The molecular formula is C17H15F2NO. The molecule has 108 valence electrons. The molecule has 0 spiro atoms. The predicted molar refractivity (Wildman–Crippen MR) is 76.5 cm³/mol. The van der Waals surface area contributed by atoms with Crippen molar-refractivity contribution in [3.8, 4) is 11.8 Å². The van der Waals surface area contributed by atoms with Crippen LogP contribution in [0, 0.1) is 11.3 Å². The van der Waals surface area contributed by atoms with E-state index in [2.05, 4.69) is 0 Å². The molecule has 21 heavy (non-hydrogen) atoms. The van der Waals surface area contributed by atoms with E-state index in [1.165, 1.54) is 7.11 Å². The zero-order valence-corrected chi connectivity index (χ0v) is 11.6. The molecule has 4 heteroatoms. The lowest BCUT2D eigenvalue weighted by Gasteiger charge is -2.32. The second-order valence-electron chi connectivity index (χ2n) is 4.70. The van der Waals surface area contributed by atoms with Crippen molar-refractivity contribution in [2.45, 2.75) is 18.3 Å². The molecule has 0 fully saturated rings. The highest BCUT2D eigenvalue weighted by Gasteiger charge is 2.43. The van der Waals surface area contributed by atoms with Gasteiger partial charge in [0, 0.05) is 0 Å². The molecule has 0 saturated carbocycles. The van der Waals surface area contributed by atoms with Gasteiger partial charge in [0.25, 0.3) is 6.43 Å². The van der Waals surface area contributed by atoms with Crippen LogP contribution in [0.25, 0.3) is 0 Å². The summed E-state index contributed by atoms with van der Waals surface area (Å²) in [5, 5.41) is 9.07. The summed E-state index contributed by atoms with van der Waals surface area (Å²) >= 11 is 0. The van der Waals surface area contributed by atoms with Crippen LogP contribution >= 0.6 is 0 Å². The van der Waals surface area contributed by atoms with Gasteiger partial charge >= 0.3 is 0 Å². The fourth-order valence-electron chi connectivity index (χ4n) is 2.45. The van der Waals surface area contributed by atoms with E-state index in [1.54, 1.807) is 54.6 Å². The van der Waals surface area contributed by atoms with E-state index in [-0.39, 0.29) is 6.42 Å². The lowest BCUT2D eigenvalue weighted by molar-refractivity contribution is 0.0732. The zero-order valence-electron chi connectivity index (χ0n) is 11.6. The molecule has 0 bridgehead atoms. The number of ether oxygens (including phenoxy) is 1. The Kier molecular flexibility index (Phi) is 4.54. The number of nitriles is 1. The summed E-state index contributed by atoms with van der Waals surface area (Å²) in [6.07, 6.45) is -2.98. The highest BCUT2D eigenvalue weighted by Crippen LogP contribution is 2.41. The SMILES string of the molecule is COc1ccc(C(CC#N)(c2ccccc2)C(F)F)cc1. The van der Waals surface area contributed by atoms with E-state index in [9.17, 15) is 8.78 Å². The van der Waals surface area contributed by atoms with Gasteiger partial charge in [-0.15, -0.1) is 0 Å². The maximum atomic E-state index is 13.9. The number of hydrogen-bond acceptors (Lipinski definition) is 2. The molecule has 2 aromatic carbocycles. The van der Waals surface area contributed by atoms with E-state index in [0.29, 0.717) is 16.9 Å². The van der Waals surface area contributed by atoms with E-state index >= 15 is 0 Å². The molecule has 2 aromatic rings. The minimum Gasteiger partial charge on any atom is -0.497 e. The van der Waals surface area contributed by atoms with Gasteiger partial charge in [-0.1, -0.05) is 42.5 Å². The summed E-state index contributed by atoms with van der Waals surface area (Å²) < 4.78 is 32.9. The first-order chi connectivity index (χ1) is 10.1. The molecule has 0 aliphatic heterocycles. The van der Waals surface area contributed by atoms with Gasteiger partial charge in [0.05, 0.1) is 25.0 Å². The van der Waals surface area contributed by atoms with Crippen LogP contribution in [0.2, 0.25) is 0 Å². The van der Waals surface area contributed by atoms with Crippen molar-refractivity contribution in [2.75, 3.05) is 7.11 Å². The van der Waals surface area contributed by atoms with Crippen molar-refractivity contribution in [1.82, 2.24) is 0 Å². The van der Waals surface area contributed by atoms with E-state index in [1.807, 2.05) is 6.07 Å². The Morgan fingerprint density at radius 1 is 1.05 bits per heavy atom. The fourth-order valence-corrected chi connectivity index (χ4v) is 2.45. The largest absolute Gasteiger partial charge is 0.497 e. The molecule has 0 aliphatic rings. The first-order valence-corrected chi connectivity index (χ1v) is 6.50. The molecule has 0 N–H and O–H groups in total. The van der Waals surface area contributed by atoms with Gasteiger partial charge in [0.15, 0.2) is 0 Å². The summed E-state index contributed by atoms with van der Waals surface area (Å²) in [6, 6.07) is 16.8. The number of methoxy groups -OCH3 is 1. The van der Waals surface area contributed by atoms with Crippen molar-refractivity contribution in [3.05, 3.63) is 65.7 Å². The van der Waals surface area contributed by atoms with Crippen LogP contribution in [0.15, 0.2) is 54.6 Å². The van der Waals surface area contributed by atoms with Gasteiger partial charge in [-0.05, 0) is 23.3 Å². The van der Waals surface area contributed by atoms with Crippen LogP contribution in [0.5, 0.6) is 5.75 Å². The van der Waals surface area contributed by atoms with Crippen molar-refractivity contribution in [1.29, 1.82) is 5.26 Å². The smallest absolute Gasteiger partial charge is 0.253 e. The number of alkyl halides is 2. The summed E-state index contributed by atoms with van der Waals surface area (Å²) in [4.78, 5) is 0. The van der Waals surface area contributed by atoms with Crippen LogP contribution in [-0.2, 0) is 5.41 Å². The van der Waals surface area contributed by atoms with Crippen molar-refractivity contribution >= 4 is 0 Å². The lowest BCUT2D eigenvalue weighted by atomic mass is 9.72. The number of hydrogen-bond donors (Lipinski definition) is 0. The predicted octanol–water partition coefficient (Wildman–Crippen LogP) is 4.16. The Morgan fingerprint density at radius 3 is 2.10 bits per heavy atom. The summed E-state index contributed by atoms with van der Waals surface area (Å²) in [7, 11) is 1.52. The molecule has 0 radical (unpaired) electrons. The van der Waals surface area contributed by atoms with Crippen LogP contribution < -0.4 is 4.74 Å². The molecule has 1 atom stereocenters. The molecule has 2 nitrogen and oxygen atoms in total. The topological polar surface area (TPSA) is 33.0 Å². The van der Waals surface area contributed by atoms with Crippen molar-refractivity contribution < 1.29 is 13.5 Å². The standard InChI is InChI=1S/C17H15F2NO/c1-21-15-9-7-14(8-10-15)17(11-12-20,16(18)19)13-5-3-2-4-6-13/h2-10,16H,11H2,1H3. The number of rotatable bonds is 5. The third-order valence-electron chi connectivity index (χ3n) is 3.62. The summed E-state index contributed by atoms with van der Waals surface area (Å²) in [6.45, 7) is 0. The third kappa shape index (κ3) is 2.73. The Balaban J connectivity index is 2.61. The maximum Gasteiger partial charge on any atom is 0.253 e. The minimum absolute atomic E-state index is 0.291. The first-order valence-electron chi connectivity index (χ1n) is 6.50. The number of benzene rings is 2. The molecular weight excluding hydrogens is 272 g/mol. The summed E-state index contributed by atoms with van der Waals surface area (Å²) in [5.74, 6) is 0.590. The van der Waals surface area contributed by atoms with E-state index in [0.717, 1.165) is 0 Å². The van der Waals surface area contributed by atoms with Gasteiger partial charge in [-0.2, -0.15) is 5.26 Å². The average molecular weight is 287 g/mol. The van der Waals surface area contributed by atoms with Crippen LogP contribution in [0.3, 0.4) is 0 Å². The normalized spacial score (nSPS) is 13.5. The Morgan fingerprint density at radius 2 is 1.62 bits per heavy atom. The van der Waals surface area contributed by atoms with Crippen molar-refractivity contribution in [2.24, 2.45) is 0 Å². The Labute approximate surface area is 122 Å². The van der Waals surface area contributed by atoms with E-state index < -0.39 is 11.8 Å². The molecule has 0 saturated heterocycles. The number of nitrogens with zero attached hydrogens (tertiary/aromatic N) is 1. The van der Waals surface area contributed by atoms with Gasteiger partial charge in [-0.25, -0.2) is 8.78 Å². The maximum absolute atomic E-state index is 13.9. The van der Waals surface area contributed by atoms with Gasteiger partial charge in [0.1, 0.15) is 5.75 Å². The molecule has 0 amide bonds. The second kappa shape index (κ2) is 6.36. The minimum atomic E-state index is -2.69. The van der Waals surface area contributed by atoms with Gasteiger partial charge < -0.3 is 4.74 Å². The molecule has 2 rings (SSSR count). The molecule has 1 unspecified atom stereocenters. The van der Waals surface area contributed by atoms with Crippen LogP contribution in [-0.4, -0.2) is 13.5 Å². The fraction of sp³-hybridized carbons (Fsp3) is 0.235. The Hall–Kier alpha value is -2.41. The van der Waals surface area contributed by atoms with Crippen molar-refractivity contribution in [3.63, 3.8) is 0 Å². The highest BCUT2D eigenvalue weighted by molar-refractivity contribution is 5.43. The zero-order chi connectivity index (χ0) is 15.3. The quantitative estimate of drug-likeness (QED) is 0.827. The van der Waals surface area contributed by atoms with Gasteiger partial charge in [0.2, 0.25) is 0 Å². The van der Waals surface area contributed by atoms with E-state index in [4.69, 9.17) is 10.00 Å². The Bertz CT molecular complexity index is 619. The van der Waals surface area contributed by atoms with Crippen LogP contribution in [0.1, 0.15) is 17.5 Å². The molecule has 0 heterocycles. The molecule has 0 aliphatic carbocycles. The lowest BCUT2D eigenvalue weighted by Crippen LogP contribution is -2.35. The molecule has 0 aromatic heterocycles. The first kappa shape index (κ1) is 15.0. The summed E-state index contributed by atoms with van der Waals surface area (Å²) in [5.41, 5.74) is -0.778. The third-order valence-corrected chi connectivity index (χ3v) is 3.62.